The van der Waals surface area contributed by atoms with Crippen molar-refractivity contribution in [1.82, 2.24) is 15.0 Å². The number of hydrogen-bond acceptors (Lipinski definition) is 3. The Kier molecular flexibility index (Phi) is 7.49. The first-order valence-corrected chi connectivity index (χ1v) is 19.0. The van der Waals surface area contributed by atoms with Crippen molar-refractivity contribution in [3.63, 3.8) is 0 Å². The monoisotopic (exact) mass is 711 g/mol. The number of benzene rings is 9. The quantitative estimate of drug-likeness (QED) is 0.167. The fourth-order valence-electron chi connectivity index (χ4n) is 8.44. The SMILES string of the molecule is c1ccc(-c2nc(-c3ccc(-c4cc5c6ccccc6c6ccccc6c5c5ccccc45)cc3)cc(-c3ccc(-c4cccc5cccnc45)cc3)n2)cc1. The van der Waals surface area contributed by atoms with Gasteiger partial charge in [-0.1, -0.05) is 176 Å². The van der Waals surface area contributed by atoms with Crippen molar-refractivity contribution in [2.45, 2.75) is 0 Å². The van der Waals surface area contributed by atoms with E-state index in [-0.39, 0.29) is 0 Å². The third kappa shape index (κ3) is 5.32. The second-order valence-electron chi connectivity index (χ2n) is 14.3. The van der Waals surface area contributed by atoms with Gasteiger partial charge in [-0.15, -0.1) is 0 Å². The highest BCUT2D eigenvalue weighted by Gasteiger charge is 2.16. The summed E-state index contributed by atoms with van der Waals surface area (Å²) in [6, 6.07) is 69.1. The van der Waals surface area contributed by atoms with Crippen molar-refractivity contribution in [3.8, 4) is 56.2 Å². The highest BCUT2D eigenvalue weighted by molar-refractivity contribution is 6.33. The summed E-state index contributed by atoms with van der Waals surface area (Å²) in [5, 5.41) is 11.3. The number of rotatable bonds is 5. The van der Waals surface area contributed by atoms with Crippen LogP contribution in [0.15, 0.2) is 200 Å². The Bertz CT molecular complexity index is 3270. The van der Waals surface area contributed by atoms with E-state index in [0.29, 0.717) is 5.82 Å². The second kappa shape index (κ2) is 13.1. The summed E-state index contributed by atoms with van der Waals surface area (Å²) in [5.74, 6) is 0.698. The Morgan fingerprint density at radius 3 is 1.46 bits per heavy atom. The van der Waals surface area contributed by atoms with Crippen LogP contribution in [0, 0.1) is 0 Å². The van der Waals surface area contributed by atoms with E-state index in [9.17, 15) is 0 Å². The van der Waals surface area contributed by atoms with Gasteiger partial charge in [-0.25, -0.2) is 9.97 Å². The third-order valence-electron chi connectivity index (χ3n) is 11.1. The molecular formula is C53H33N3. The molecule has 0 atom stereocenters. The average Bonchev–Trinajstić information content (AvgIpc) is 3.29. The van der Waals surface area contributed by atoms with Crippen molar-refractivity contribution in [1.29, 1.82) is 0 Å². The summed E-state index contributed by atoms with van der Waals surface area (Å²) >= 11 is 0. The van der Waals surface area contributed by atoms with Crippen molar-refractivity contribution in [2.24, 2.45) is 0 Å². The number of para-hydroxylation sites is 1. The van der Waals surface area contributed by atoms with Crippen LogP contribution in [0.4, 0.5) is 0 Å². The molecule has 11 aromatic rings. The van der Waals surface area contributed by atoms with Crippen LogP contribution in [0.25, 0.3) is 110 Å². The summed E-state index contributed by atoms with van der Waals surface area (Å²) < 4.78 is 0. The number of aromatic nitrogens is 3. The van der Waals surface area contributed by atoms with E-state index in [4.69, 9.17) is 9.97 Å². The molecule has 56 heavy (non-hydrogen) atoms. The molecule has 0 fully saturated rings. The van der Waals surface area contributed by atoms with Crippen LogP contribution in [0.5, 0.6) is 0 Å². The van der Waals surface area contributed by atoms with Gasteiger partial charge >= 0.3 is 0 Å². The Morgan fingerprint density at radius 1 is 0.304 bits per heavy atom. The highest BCUT2D eigenvalue weighted by Crippen LogP contribution is 2.43. The first kappa shape index (κ1) is 32.0. The molecule has 0 saturated carbocycles. The average molecular weight is 712 g/mol. The van der Waals surface area contributed by atoms with Crippen molar-refractivity contribution >= 4 is 54.0 Å². The van der Waals surface area contributed by atoms with E-state index in [1.54, 1.807) is 0 Å². The first-order valence-electron chi connectivity index (χ1n) is 19.0. The molecule has 0 aliphatic heterocycles. The number of nitrogens with zero attached hydrogens (tertiary/aromatic N) is 3. The molecule has 0 aliphatic carbocycles. The van der Waals surface area contributed by atoms with Crippen LogP contribution in [-0.4, -0.2) is 15.0 Å². The van der Waals surface area contributed by atoms with Gasteiger partial charge in [-0.05, 0) is 78.0 Å². The third-order valence-corrected chi connectivity index (χ3v) is 11.1. The van der Waals surface area contributed by atoms with Crippen molar-refractivity contribution in [2.75, 3.05) is 0 Å². The smallest absolute Gasteiger partial charge is 0.160 e. The predicted molar refractivity (Wildman–Crippen MR) is 235 cm³/mol. The van der Waals surface area contributed by atoms with Gasteiger partial charge in [0.1, 0.15) is 0 Å². The fourth-order valence-corrected chi connectivity index (χ4v) is 8.44. The lowest BCUT2D eigenvalue weighted by molar-refractivity contribution is 1.18. The molecule has 2 aromatic heterocycles. The number of fused-ring (bicyclic) bond motifs is 9. The van der Waals surface area contributed by atoms with E-state index in [0.717, 1.165) is 50.1 Å². The van der Waals surface area contributed by atoms with Gasteiger partial charge in [0.15, 0.2) is 5.82 Å². The zero-order valence-electron chi connectivity index (χ0n) is 30.4. The second-order valence-corrected chi connectivity index (χ2v) is 14.3. The number of pyridine rings is 1. The normalized spacial score (nSPS) is 11.6. The zero-order valence-corrected chi connectivity index (χ0v) is 30.4. The lowest BCUT2D eigenvalue weighted by Gasteiger charge is -2.16. The van der Waals surface area contributed by atoms with Gasteiger partial charge in [0, 0.05) is 33.8 Å². The van der Waals surface area contributed by atoms with E-state index >= 15 is 0 Å². The predicted octanol–water partition coefficient (Wildman–Crippen LogP) is 14.0. The van der Waals surface area contributed by atoms with Crippen LogP contribution < -0.4 is 0 Å². The summed E-state index contributed by atoms with van der Waals surface area (Å²) in [7, 11) is 0. The Morgan fingerprint density at radius 2 is 0.804 bits per heavy atom. The summed E-state index contributed by atoms with van der Waals surface area (Å²) in [4.78, 5) is 14.9. The lowest BCUT2D eigenvalue weighted by Crippen LogP contribution is -1.96. The molecule has 0 amide bonds. The van der Waals surface area contributed by atoms with Crippen molar-refractivity contribution < 1.29 is 0 Å². The molecule has 0 radical (unpaired) electrons. The zero-order chi connectivity index (χ0) is 37.0. The molecule has 0 spiro atoms. The van der Waals surface area contributed by atoms with E-state index < -0.39 is 0 Å². The van der Waals surface area contributed by atoms with Crippen molar-refractivity contribution in [3.05, 3.63) is 200 Å². The van der Waals surface area contributed by atoms with Gasteiger partial charge < -0.3 is 0 Å². The fraction of sp³-hybridized carbons (Fsp3) is 0. The maximum atomic E-state index is 5.14. The summed E-state index contributed by atoms with van der Waals surface area (Å²) in [5.41, 5.74) is 10.4. The van der Waals surface area contributed by atoms with Gasteiger partial charge in [-0.3, -0.25) is 4.98 Å². The van der Waals surface area contributed by atoms with Gasteiger partial charge in [0.05, 0.1) is 16.9 Å². The van der Waals surface area contributed by atoms with Crippen LogP contribution in [0.2, 0.25) is 0 Å². The molecule has 0 aliphatic rings. The molecule has 0 N–H and O–H groups in total. The first-order chi connectivity index (χ1) is 27.8. The van der Waals surface area contributed by atoms with E-state index in [1.165, 1.54) is 54.2 Å². The Hall–Kier alpha value is -7.49. The van der Waals surface area contributed by atoms with Gasteiger partial charge in [-0.2, -0.15) is 0 Å². The molecule has 3 heteroatoms. The molecule has 2 heterocycles. The maximum Gasteiger partial charge on any atom is 0.160 e. The largest absolute Gasteiger partial charge is 0.256 e. The van der Waals surface area contributed by atoms with Crippen LogP contribution in [0.1, 0.15) is 0 Å². The Balaban J connectivity index is 1.03. The minimum absolute atomic E-state index is 0.698. The summed E-state index contributed by atoms with van der Waals surface area (Å²) in [6.45, 7) is 0. The minimum Gasteiger partial charge on any atom is -0.256 e. The lowest BCUT2D eigenvalue weighted by atomic mass is 9.87. The molecule has 9 aromatic carbocycles. The van der Waals surface area contributed by atoms with E-state index in [2.05, 4.69) is 175 Å². The highest BCUT2D eigenvalue weighted by atomic mass is 14.9. The van der Waals surface area contributed by atoms with Crippen LogP contribution in [-0.2, 0) is 0 Å². The Labute approximate surface area is 324 Å². The number of hydrogen-bond donors (Lipinski definition) is 0. The maximum absolute atomic E-state index is 5.14. The minimum atomic E-state index is 0.698. The molecule has 0 unspecified atom stereocenters. The molecule has 0 bridgehead atoms. The topological polar surface area (TPSA) is 38.7 Å². The standard InChI is InChI=1S/C53H33N3/c1-2-12-39(13-3-1)53-55-49(36-27-23-34(24-28-36)40-22-10-14-38-15-11-31-54-52(38)40)33-50(56-53)37-29-25-35(26-30-37)47-32-48-43-18-5-4-16-41(43)42-17-6-8-20-45(42)51(48)46-21-9-7-19-44(46)47/h1-33H. The van der Waals surface area contributed by atoms with Crippen LogP contribution >= 0.6 is 0 Å². The molecule has 3 nitrogen and oxygen atoms in total. The van der Waals surface area contributed by atoms with Gasteiger partial charge in [0.25, 0.3) is 0 Å². The molecule has 11 rings (SSSR count). The summed E-state index contributed by atoms with van der Waals surface area (Å²) in [6.07, 6.45) is 1.85. The van der Waals surface area contributed by atoms with Crippen LogP contribution in [0.3, 0.4) is 0 Å². The molecule has 260 valence electrons. The van der Waals surface area contributed by atoms with Gasteiger partial charge in [0.2, 0.25) is 0 Å². The molecule has 0 saturated heterocycles. The van der Waals surface area contributed by atoms with E-state index in [1.807, 2.05) is 30.5 Å². The molecular weight excluding hydrogens is 679 g/mol.